The van der Waals surface area contributed by atoms with Crippen LogP contribution in [0.15, 0.2) is 36.5 Å². The first-order chi connectivity index (χ1) is 9.37. The molecule has 2 aromatic rings. The molecule has 3 nitrogen and oxygen atoms in total. The Kier molecular flexibility index (Phi) is 2.49. The molecule has 0 saturated heterocycles. The van der Waals surface area contributed by atoms with E-state index in [0.717, 1.165) is 18.4 Å². The van der Waals surface area contributed by atoms with Crippen LogP contribution >= 0.6 is 0 Å². The summed E-state index contributed by atoms with van der Waals surface area (Å²) in [4.78, 5) is 8.15. The highest BCUT2D eigenvalue weighted by atomic mass is 15.0. The second-order valence-electron chi connectivity index (χ2n) is 5.86. The van der Waals surface area contributed by atoms with Gasteiger partial charge in [-0.25, -0.2) is 4.98 Å². The maximum absolute atomic E-state index is 4.63. The summed E-state index contributed by atoms with van der Waals surface area (Å²) in [7, 11) is 0. The molecule has 0 radical (unpaired) electrons. The normalized spacial score (nSPS) is 20.4. The zero-order valence-corrected chi connectivity index (χ0v) is 11.0. The van der Waals surface area contributed by atoms with Gasteiger partial charge in [0.15, 0.2) is 0 Å². The third-order valence-corrected chi connectivity index (χ3v) is 4.32. The molecule has 1 heterocycles. The first-order valence-electron chi connectivity index (χ1n) is 7.20. The van der Waals surface area contributed by atoms with Gasteiger partial charge in [0, 0.05) is 24.5 Å². The van der Waals surface area contributed by atoms with Crippen LogP contribution < -0.4 is 5.32 Å². The minimum absolute atomic E-state index is 0.166. The van der Waals surface area contributed by atoms with Crippen molar-refractivity contribution < 1.29 is 0 Å². The predicted molar refractivity (Wildman–Crippen MR) is 74.9 cm³/mol. The fourth-order valence-corrected chi connectivity index (χ4v) is 2.78. The maximum Gasteiger partial charge on any atom is 0.116 e. The molecule has 3 heteroatoms. The van der Waals surface area contributed by atoms with Gasteiger partial charge in [-0.15, -0.1) is 0 Å². The minimum Gasteiger partial charge on any atom is -0.344 e. The summed E-state index contributed by atoms with van der Waals surface area (Å²) >= 11 is 0. The lowest BCUT2D eigenvalue weighted by atomic mass is 9.95. The quantitative estimate of drug-likeness (QED) is 0.860. The Hall–Kier alpha value is -1.61. The first kappa shape index (κ1) is 11.2. The van der Waals surface area contributed by atoms with E-state index in [9.17, 15) is 0 Å². The summed E-state index contributed by atoms with van der Waals surface area (Å²) < 4.78 is 0. The van der Waals surface area contributed by atoms with E-state index in [1.165, 1.54) is 36.9 Å². The average molecular weight is 253 g/mol. The molecule has 2 fully saturated rings. The molecule has 1 aromatic carbocycles. The van der Waals surface area contributed by atoms with Gasteiger partial charge >= 0.3 is 0 Å². The lowest BCUT2D eigenvalue weighted by molar-refractivity contribution is 0.672. The van der Waals surface area contributed by atoms with Gasteiger partial charge in [0.1, 0.15) is 5.82 Å². The molecule has 0 atom stereocenters. The van der Waals surface area contributed by atoms with E-state index in [2.05, 4.69) is 45.6 Å². The summed E-state index contributed by atoms with van der Waals surface area (Å²) in [5, 5.41) is 3.53. The summed E-state index contributed by atoms with van der Waals surface area (Å²) in [5.41, 5.74) is 2.77. The zero-order chi connectivity index (χ0) is 12.7. The number of H-pyrrole nitrogens is 1. The van der Waals surface area contributed by atoms with Crippen molar-refractivity contribution in [1.82, 2.24) is 15.3 Å². The van der Waals surface area contributed by atoms with E-state index in [1.54, 1.807) is 0 Å². The Morgan fingerprint density at radius 2 is 2.00 bits per heavy atom. The number of benzene rings is 1. The Bertz CT molecular complexity index is 565. The molecule has 0 amide bonds. The lowest BCUT2D eigenvalue weighted by Crippen LogP contribution is -2.16. The van der Waals surface area contributed by atoms with Crippen LogP contribution in [0.4, 0.5) is 0 Å². The minimum atomic E-state index is 0.166. The molecule has 1 aromatic heterocycles. The Balaban J connectivity index is 1.55. The predicted octanol–water partition coefficient (Wildman–Crippen LogP) is 2.74. The van der Waals surface area contributed by atoms with Gasteiger partial charge in [0.25, 0.3) is 0 Å². The van der Waals surface area contributed by atoms with Gasteiger partial charge in [-0.1, -0.05) is 30.3 Å². The van der Waals surface area contributed by atoms with E-state index in [0.29, 0.717) is 0 Å². The molecule has 4 rings (SSSR count). The van der Waals surface area contributed by atoms with Gasteiger partial charge in [-0.05, 0) is 31.2 Å². The molecule has 0 spiro atoms. The average Bonchev–Trinajstić information content (AvgIpc) is 3.38. The molecule has 0 bridgehead atoms. The molecular formula is C16H19N3. The highest BCUT2D eigenvalue weighted by molar-refractivity contribution is 5.39. The summed E-state index contributed by atoms with van der Waals surface area (Å²) in [6.45, 7) is 0.919. The van der Waals surface area contributed by atoms with E-state index in [-0.39, 0.29) is 5.41 Å². The van der Waals surface area contributed by atoms with Crippen LogP contribution in [0, 0.1) is 0 Å². The molecule has 2 saturated carbocycles. The largest absolute Gasteiger partial charge is 0.344 e. The lowest BCUT2D eigenvalue weighted by Gasteiger charge is -2.12. The van der Waals surface area contributed by atoms with Crippen LogP contribution in [0.2, 0.25) is 0 Å². The highest BCUT2D eigenvalue weighted by Gasteiger charge is 2.48. The summed E-state index contributed by atoms with van der Waals surface area (Å²) in [5.74, 6) is 1.14. The van der Waals surface area contributed by atoms with Crippen molar-refractivity contribution in [2.24, 2.45) is 0 Å². The van der Waals surface area contributed by atoms with Crippen molar-refractivity contribution in [3.05, 3.63) is 53.6 Å². The van der Waals surface area contributed by atoms with Crippen molar-refractivity contribution >= 4 is 0 Å². The van der Waals surface area contributed by atoms with Gasteiger partial charge in [-0.2, -0.15) is 0 Å². The third-order valence-electron chi connectivity index (χ3n) is 4.32. The van der Waals surface area contributed by atoms with E-state index in [1.807, 2.05) is 6.20 Å². The van der Waals surface area contributed by atoms with E-state index >= 15 is 0 Å². The second kappa shape index (κ2) is 4.20. The number of hydrogen-bond donors (Lipinski definition) is 2. The van der Waals surface area contributed by atoms with Crippen molar-refractivity contribution in [3.8, 4) is 0 Å². The Morgan fingerprint density at radius 1 is 1.21 bits per heavy atom. The van der Waals surface area contributed by atoms with Crippen molar-refractivity contribution in [2.75, 3.05) is 0 Å². The second-order valence-corrected chi connectivity index (χ2v) is 5.86. The molecule has 19 heavy (non-hydrogen) atoms. The third kappa shape index (κ3) is 2.08. The van der Waals surface area contributed by atoms with Gasteiger partial charge in [0.2, 0.25) is 0 Å². The molecular weight excluding hydrogens is 234 g/mol. The van der Waals surface area contributed by atoms with Gasteiger partial charge < -0.3 is 10.3 Å². The fourth-order valence-electron chi connectivity index (χ4n) is 2.78. The van der Waals surface area contributed by atoms with Gasteiger partial charge in [0.05, 0.1) is 5.41 Å². The van der Waals surface area contributed by atoms with Crippen molar-refractivity contribution in [1.29, 1.82) is 0 Å². The van der Waals surface area contributed by atoms with Crippen LogP contribution in [0.1, 0.15) is 42.8 Å². The first-order valence-corrected chi connectivity index (χ1v) is 7.20. The summed E-state index contributed by atoms with van der Waals surface area (Å²) in [6, 6.07) is 11.5. The topological polar surface area (TPSA) is 40.7 Å². The summed E-state index contributed by atoms with van der Waals surface area (Å²) in [6.07, 6.45) is 7.07. The van der Waals surface area contributed by atoms with Crippen LogP contribution in [0.25, 0.3) is 0 Å². The number of imidazole rings is 1. The van der Waals surface area contributed by atoms with Gasteiger partial charge in [-0.3, -0.25) is 0 Å². The number of nitrogens with one attached hydrogen (secondary N) is 2. The van der Waals surface area contributed by atoms with Crippen LogP contribution in [0.5, 0.6) is 0 Å². The Morgan fingerprint density at radius 3 is 2.68 bits per heavy atom. The number of aromatic nitrogens is 2. The molecule has 0 aliphatic heterocycles. The number of nitrogens with zero attached hydrogens (tertiary/aromatic N) is 1. The van der Waals surface area contributed by atoms with Crippen molar-refractivity contribution in [3.63, 3.8) is 0 Å². The van der Waals surface area contributed by atoms with Crippen LogP contribution in [-0.4, -0.2) is 16.0 Å². The van der Waals surface area contributed by atoms with Crippen LogP contribution in [0.3, 0.4) is 0 Å². The number of rotatable bonds is 5. The number of aromatic amines is 1. The van der Waals surface area contributed by atoms with Crippen LogP contribution in [-0.2, 0) is 12.0 Å². The van der Waals surface area contributed by atoms with Crippen molar-refractivity contribution in [2.45, 2.75) is 43.7 Å². The number of hydrogen-bond acceptors (Lipinski definition) is 2. The molecule has 0 unspecified atom stereocenters. The zero-order valence-electron chi connectivity index (χ0n) is 11.0. The smallest absolute Gasteiger partial charge is 0.116 e. The Labute approximate surface area is 113 Å². The standard InChI is InChI=1S/C16H19N3/c1-2-4-12(5-3-1)16(8-9-16)15-18-11-14(19-15)10-17-13-6-7-13/h1-5,11,13,17H,6-10H2,(H,18,19). The molecule has 98 valence electrons. The maximum atomic E-state index is 4.63. The fraction of sp³-hybridized carbons (Fsp3) is 0.438. The molecule has 2 aliphatic carbocycles. The highest BCUT2D eigenvalue weighted by Crippen LogP contribution is 2.52. The van der Waals surface area contributed by atoms with E-state index in [4.69, 9.17) is 0 Å². The molecule has 2 aliphatic rings. The SMILES string of the molecule is c1ccc(C2(c3ncc(CNC4CC4)[nH]3)CC2)cc1. The monoisotopic (exact) mass is 253 g/mol. The molecule has 2 N–H and O–H groups in total. The van der Waals surface area contributed by atoms with E-state index < -0.39 is 0 Å².